The van der Waals surface area contributed by atoms with Crippen LogP contribution >= 0.6 is 0 Å². The first-order chi connectivity index (χ1) is 5.26. The summed E-state index contributed by atoms with van der Waals surface area (Å²) in [7, 11) is 0. The van der Waals surface area contributed by atoms with Crippen LogP contribution in [0.4, 0.5) is 4.39 Å². The van der Waals surface area contributed by atoms with E-state index in [9.17, 15) is 4.39 Å². The number of hydrogen-bond donors (Lipinski definition) is 1. The van der Waals surface area contributed by atoms with Gasteiger partial charge in [-0.25, -0.2) is 4.39 Å². The summed E-state index contributed by atoms with van der Waals surface area (Å²) in [5, 5.41) is 3.16. The molecule has 0 bridgehead atoms. The third-order valence-corrected chi connectivity index (χ3v) is 2.32. The molecule has 1 nitrogen and oxygen atoms in total. The second-order valence-corrected chi connectivity index (χ2v) is 3.01. The predicted molar refractivity (Wildman–Crippen MR) is 47.5 cm³/mol. The molecule has 0 saturated carbocycles. The molecule has 0 saturated heterocycles. The van der Waals surface area contributed by atoms with Gasteiger partial charge in [-0.2, -0.15) is 0 Å². The lowest BCUT2D eigenvalue weighted by molar-refractivity contribution is 0.338. The van der Waals surface area contributed by atoms with Crippen molar-refractivity contribution in [3.8, 4) is 0 Å². The summed E-state index contributed by atoms with van der Waals surface area (Å²) in [5.41, 5.74) is 0. The van der Waals surface area contributed by atoms with Crippen molar-refractivity contribution >= 4 is 0 Å². The fraction of sp³-hybridized carbons (Fsp3) is 1.00. The van der Waals surface area contributed by atoms with Gasteiger partial charge in [0.15, 0.2) is 0 Å². The van der Waals surface area contributed by atoms with Gasteiger partial charge in [0.1, 0.15) is 6.67 Å². The van der Waals surface area contributed by atoms with Crippen molar-refractivity contribution in [3.05, 3.63) is 0 Å². The molecule has 1 atom stereocenters. The minimum atomic E-state index is -0.259. The Morgan fingerprint density at radius 1 is 1.27 bits per heavy atom. The highest BCUT2D eigenvalue weighted by Gasteiger charge is 2.11. The molecular weight excluding hydrogens is 141 g/mol. The zero-order valence-corrected chi connectivity index (χ0v) is 7.86. The topological polar surface area (TPSA) is 12.0 Å². The van der Waals surface area contributed by atoms with E-state index >= 15 is 0 Å². The molecule has 0 aromatic rings. The predicted octanol–water partition coefficient (Wildman–Crippen LogP) is 2.37. The number of nitrogens with one attached hydrogen (secondary N) is 1. The van der Waals surface area contributed by atoms with E-state index in [1.54, 1.807) is 0 Å². The lowest BCUT2D eigenvalue weighted by Gasteiger charge is -2.21. The second kappa shape index (κ2) is 6.59. The molecule has 0 rings (SSSR count). The quantitative estimate of drug-likeness (QED) is 0.630. The summed E-state index contributed by atoms with van der Waals surface area (Å²) in [4.78, 5) is 0. The maximum absolute atomic E-state index is 11.8. The van der Waals surface area contributed by atoms with Crippen LogP contribution < -0.4 is 5.32 Å². The van der Waals surface area contributed by atoms with Gasteiger partial charge < -0.3 is 5.32 Å². The number of hydrogen-bond acceptors (Lipinski definition) is 1. The van der Waals surface area contributed by atoms with Gasteiger partial charge >= 0.3 is 0 Å². The first kappa shape index (κ1) is 10.9. The van der Waals surface area contributed by atoms with Gasteiger partial charge in [0.25, 0.3) is 0 Å². The monoisotopic (exact) mass is 161 g/mol. The molecule has 1 N–H and O–H groups in total. The van der Waals surface area contributed by atoms with Crippen LogP contribution in [0.25, 0.3) is 0 Å². The van der Waals surface area contributed by atoms with Crippen LogP contribution in [-0.4, -0.2) is 19.3 Å². The van der Waals surface area contributed by atoms with Crippen molar-refractivity contribution in [1.82, 2.24) is 5.32 Å². The highest BCUT2D eigenvalue weighted by atomic mass is 19.1. The Hall–Kier alpha value is -0.110. The van der Waals surface area contributed by atoms with E-state index in [1.165, 1.54) is 12.8 Å². The Bertz CT molecular complexity index is 81.6. The van der Waals surface area contributed by atoms with Gasteiger partial charge in [-0.05, 0) is 12.8 Å². The van der Waals surface area contributed by atoms with Crippen molar-refractivity contribution in [1.29, 1.82) is 0 Å². The van der Waals surface area contributed by atoms with Crippen molar-refractivity contribution in [2.75, 3.05) is 13.2 Å². The van der Waals surface area contributed by atoms with Gasteiger partial charge in [0.05, 0.1) is 0 Å². The zero-order chi connectivity index (χ0) is 8.69. The number of rotatable bonds is 6. The highest BCUT2D eigenvalue weighted by Crippen LogP contribution is 2.11. The Balaban J connectivity index is 3.51. The fourth-order valence-corrected chi connectivity index (χ4v) is 1.44. The molecule has 0 fully saturated rings. The normalized spacial score (nSPS) is 13.9. The van der Waals surface area contributed by atoms with Crippen molar-refractivity contribution in [2.24, 2.45) is 5.92 Å². The summed E-state index contributed by atoms with van der Waals surface area (Å²) >= 11 is 0. The van der Waals surface area contributed by atoms with Gasteiger partial charge in [-0.3, -0.25) is 0 Å². The molecule has 2 heteroatoms. The lowest BCUT2D eigenvalue weighted by atomic mass is 9.96. The highest BCUT2D eigenvalue weighted by molar-refractivity contribution is 4.69. The van der Waals surface area contributed by atoms with Gasteiger partial charge in [0, 0.05) is 12.6 Å². The summed E-state index contributed by atoms with van der Waals surface area (Å²) in [6.07, 6.45) is 2.36. The molecule has 0 aliphatic carbocycles. The van der Waals surface area contributed by atoms with Gasteiger partial charge in [0.2, 0.25) is 0 Å². The van der Waals surface area contributed by atoms with E-state index < -0.39 is 0 Å². The molecular formula is C9H20FN. The smallest absolute Gasteiger partial charge is 0.102 e. The SMILES string of the molecule is CCC(CC)C(C)NCCF. The summed E-state index contributed by atoms with van der Waals surface area (Å²) in [6, 6.07) is 0.459. The Kier molecular flexibility index (Phi) is 6.52. The van der Waals surface area contributed by atoms with Crippen LogP contribution in [0, 0.1) is 5.92 Å². The van der Waals surface area contributed by atoms with E-state index in [0.29, 0.717) is 18.5 Å². The average molecular weight is 161 g/mol. The number of halogens is 1. The van der Waals surface area contributed by atoms with Crippen molar-refractivity contribution in [3.63, 3.8) is 0 Å². The van der Waals surface area contributed by atoms with Gasteiger partial charge in [-0.15, -0.1) is 0 Å². The van der Waals surface area contributed by atoms with Crippen LogP contribution in [0.15, 0.2) is 0 Å². The molecule has 0 aliphatic rings. The van der Waals surface area contributed by atoms with Crippen LogP contribution in [-0.2, 0) is 0 Å². The van der Waals surface area contributed by atoms with E-state index in [4.69, 9.17) is 0 Å². The molecule has 11 heavy (non-hydrogen) atoms. The third-order valence-electron chi connectivity index (χ3n) is 2.32. The Morgan fingerprint density at radius 2 is 1.82 bits per heavy atom. The molecule has 0 aromatic carbocycles. The average Bonchev–Trinajstić information content (AvgIpc) is 2.03. The molecule has 68 valence electrons. The maximum Gasteiger partial charge on any atom is 0.102 e. The minimum absolute atomic E-state index is 0.259. The van der Waals surface area contributed by atoms with E-state index in [0.717, 1.165) is 0 Å². The second-order valence-electron chi connectivity index (χ2n) is 3.01. The summed E-state index contributed by atoms with van der Waals surface area (Å²) in [6.45, 7) is 6.74. The molecule has 0 heterocycles. The van der Waals surface area contributed by atoms with E-state index in [-0.39, 0.29) is 6.67 Å². The first-order valence-corrected chi connectivity index (χ1v) is 4.55. The molecule has 0 amide bonds. The van der Waals surface area contributed by atoms with E-state index in [1.807, 2.05) is 0 Å². The molecule has 0 aromatic heterocycles. The largest absolute Gasteiger partial charge is 0.311 e. The summed E-state index contributed by atoms with van der Waals surface area (Å²) < 4.78 is 11.8. The Labute approximate surface area is 69.4 Å². The number of alkyl halides is 1. The minimum Gasteiger partial charge on any atom is -0.311 e. The maximum atomic E-state index is 11.8. The molecule has 0 spiro atoms. The van der Waals surface area contributed by atoms with Crippen molar-refractivity contribution in [2.45, 2.75) is 39.7 Å². The fourth-order valence-electron chi connectivity index (χ4n) is 1.44. The lowest BCUT2D eigenvalue weighted by Crippen LogP contribution is -2.34. The van der Waals surface area contributed by atoms with Crippen LogP contribution in [0.2, 0.25) is 0 Å². The van der Waals surface area contributed by atoms with Gasteiger partial charge in [-0.1, -0.05) is 26.7 Å². The molecule has 0 aliphatic heterocycles. The Morgan fingerprint density at radius 3 is 2.18 bits per heavy atom. The molecule has 0 radical (unpaired) electrons. The standard InChI is InChI=1S/C9H20FN/c1-4-9(5-2)8(3)11-7-6-10/h8-9,11H,4-7H2,1-3H3. The van der Waals surface area contributed by atoms with E-state index in [2.05, 4.69) is 26.1 Å². The summed E-state index contributed by atoms with van der Waals surface area (Å²) in [5.74, 6) is 0.696. The van der Waals surface area contributed by atoms with Crippen LogP contribution in [0.5, 0.6) is 0 Å². The zero-order valence-electron chi connectivity index (χ0n) is 7.86. The molecule has 1 unspecified atom stereocenters. The first-order valence-electron chi connectivity index (χ1n) is 4.55. The third kappa shape index (κ3) is 4.35. The van der Waals surface area contributed by atoms with Crippen LogP contribution in [0.3, 0.4) is 0 Å². The van der Waals surface area contributed by atoms with Crippen LogP contribution in [0.1, 0.15) is 33.6 Å². The van der Waals surface area contributed by atoms with Crippen molar-refractivity contribution < 1.29 is 4.39 Å².